The Morgan fingerprint density at radius 1 is 0.967 bits per heavy atom. The van der Waals surface area contributed by atoms with Crippen molar-refractivity contribution < 1.29 is 4.74 Å². The van der Waals surface area contributed by atoms with E-state index < -0.39 is 0 Å². The molecular weight excluding hydrogens is 380 g/mol. The fourth-order valence-corrected chi connectivity index (χ4v) is 3.67. The van der Waals surface area contributed by atoms with E-state index in [-0.39, 0.29) is 11.2 Å². The number of nitrogens with zero attached hydrogens (tertiary/aromatic N) is 4. The highest BCUT2D eigenvalue weighted by molar-refractivity contribution is 5.77. The molecule has 154 valence electrons. The molecule has 30 heavy (non-hydrogen) atoms. The zero-order valence-corrected chi connectivity index (χ0v) is 17.3. The number of fused-ring (bicyclic) bond motifs is 1. The number of benzene rings is 2. The molecule has 0 spiro atoms. The molecule has 0 radical (unpaired) electrons. The van der Waals surface area contributed by atoms with E-state index in [2.05, 4.69) is 0 Å². The summed E-state index contributed by atoms with van der Waals surface area (Å²) >= 11 is 0. The van der Waals surface area contributed by atoms with Crippen LogP contribution in [0.15, 0.2) is 64.2 Å². The molecular formula is C23H24N4O3. The molecule has 2 heterocycles. The third-order valence-electron chi connectivity index (χ3n) is 5.21. The minimum atomic E-state index is -0.347. The number of hydrogen-bond acceptors (Lipinski definition) is 4. The Labute approximate surface area is 173 Å². The van der Waals surface area contributed by atoms with Crippen molar-refractivity contribution in [1.29, 1.82) is 0 Å². The first-order chi connectivity index (χ1) is 14.5. The average molecular weight is 404 g/mol. The maximum Gasteiger partial charge on any atom is 0.332 e. The smallest absolute Gasteiger partial charge is 0.332 e. The highest BCUT2D eigenvalue weighted by Crippen LogP contribution is 2.25. The quantitative estimate of drug-likeness (QED) is 0.495. The maximum atomic E-state index is 13.3. The van der Waals surface area contributed by atoms with Crippen LogP contribution >= 0.6 is 0 Å². The Kier molecular flexibility index (Phi) is 5.27. The maximum absolute atomic E-state index is 13.3. The number of rotatable bonds is 6. The third-order valence-corrected chi connectivity index (χ3v) is 5.21. The van der Waals surface area contributed by atoms with E-state index in [0.29, 0.717) is 36.5 Å². The van der Waals surface area contributed by atoms with Gasteiger partial charge in [0.2, 0.25) is 0 Å². The topological polar surface area (TPSA) is 71.1 Å². The summed E-state index contributed by atoms with van der Waals surface area (Å²) in [6, 6.07) is 17.4. The summed E-state index contributed by atoms with van der Waals surface area (Å²) in [5.41, 5.74) is 2.05. The van der Waals surface area contributed by atoms with Gasteiger partial charge in [0.05, 0.1) is 7.11 Å². The molecule has 0 saturated carbocycles. The second-order valence-electron chi connectivity index (χ2n) is 7.21. The standard InChI is InChI=1S/C23H24N4O3/c1-4-14-26-22(28)19-21(25(2)23(26)29)24-20(17-10-12-18(30-3)13-11-17)27(19)15-16-8-6-5-7-9-16/h5-13H,4,14-15H2,1-3H3. The lowest BCUT2D eigenvalue weighted by Gasteiger charge is -2.11. The zero-order valence-electron chi connectivity index (χ0n) is 17.3. The van der Waals surface area contributed by atoms with Gasteiger partial charge >= 0.3 is 5.69 Å². The number of hydrogen-bond donors (Lipinski definition) is 0. The predicted octanol–water partition coefficient (Wildman–Crippen LogP) is 3.03. The molecule has 4 rings (SSSR count). The Hall–Kier alpha value is -3.61. The second-order valence-corrected chi connectivity index (χ2v) is 7.21. The van der Waals surface area contributed by atoms with Crippen LogP contribution in [0.4, 0.5) is 0 Å². The minimum absolute atomic E-state index is 0.307. The van der Waals surface area contributed by atoms with E-state index in [1.165, 1.54) is 9.13 Å². The van der Waals surface area contributed by atoms with Gasteiger partial charge in [-0.3, -0.25) is 13.9 Å². The van der Waals surface area contributed by atoms with Gasteiger partial charge in [-0.25, -0.2) is 9.78 Å². The average Bonchev–Trinajstić information content (AvgIpc) is 3.15. The molecule has 0 atom stereocenters. The summed E-state index contributed by atoms with van der Waals surface area (Å²) in [4.78, 5) is 30.8. The number of methoxy groups -OCH3 is 1. The zero-order chi connectivity index (χ0) is 21.3. The van der Waals surface area contributed by atoms with Crippen molar-refractivity contribution in [2.45, 2.75) is 26.4 Å². The monoisotopic (exact) mass is 404 g/mol. The molecule has 0 aliphatic heterocycles. The summed E-state index contributed by atoms with van der Waals surface area (Å²) < 4.78 is 9.92. The second kappa shape index (κ2) is 8.02. The molecule has 4 aromatic rings. The van der Waals surface area contributed by atoms with E-state index in [9.17, 15) is 9.59 Å². The highest BCUT2D eigenvalue weighted by atomic mass is 16.5. The molecule has 0 amide bonds. The fraction of sp³-hybridized carbons (Fsp3) is 0.261. The molecule has 2 aromatic heterocycles. The Bertz CT molecular complexity index is 1300. The molecule has 0 fully saturated rings. The summed E-state index contributed by atoms with van der Waals surface area (Å²) in [5, 5.41) is 0. The van der Waals surface area contributed by atoms with Crippen molar-refractivity contribution in [3.05, 3.63) is 81.0 Å². The van der Waals surface area contributed by atoms with Gasteiger partial charge in [0.25, 0.3) is 5.56 Å². The van der Waals surface area contributed by atoms with Gasteiger partial charge in [0, 0.05) is 25.7 Å². The van der Waals surface area contributed by atoms with Gasteiger partial charge in [-0.05, 0) is 36.2 Å². The van der Waals surface area contributed by atoms with Crippen LogP contribution in [0.1, 0.15) is 18.9 Å². The molecule has 7 nitrogen and oxygen atoms in total. The molecule has 7 heteroatoms. The molecule has 0 saturated heterocycles. The Morgan fingerprint density at radius 2 is 1.67 bits per heavy atom. The lowest BCUT2D eigenvalue weighted by molar-refractivity contribution is 0.415. The van der Waals surface area contributed by atoms with Crippen LogP contribution in [0.2, 0.25) is 0 Å². The minimum Gasteiger partial charge on any atom is -0.497 e. The lowest BCUT2D eigenvalue weighted by Crippen LogP contribution is -2.39. The molecule has 0 bridgehead atoms. The first-order valence-corrected chi connectivity index (χ1v) is 9.93. The fourth-order valence-electron chi connectivity index (χ4n) is 3.67. The van der Waals surface area contributed by atoms with Gasteiger partial charge in [0.15, 0.2) is 11.2 Å². The Balaban J connectivity index is 2.03. The van der Waals surface area contributed by atoms with E-state index >= 15 is 0 Å². The van der Waals surface area contributed by atoms with E-state index in [0.717, 1.165) is 16.9 Å². The highest BCUT2D eigenvalue weighted by Gasteiger charge is 2.21. The normalized spacial score (nSPS) is 11.2. The van der Waals surface area contributed by atoms with Gasteiger partial charge < -0.3 is 9.30 Å². The summed E-state index contributed by atoms with van der Waals surface area (Å²) in [6.07, 6.45) is 0.693. The number of imidazole rings is 1. The van der Waals surface area contributed by atoms with Crippen LogP contribution < -0.4 is 16.0 Å². The van der Waals surface area contributed by atoms with Crippen molar-refractivity contribution in [3.8, 4) is 17.1 Å². The van der Waals surface area contributed by atoms with Crippen molar-refractivity contribution in [2.24, 2.45) is 7.05 Å². The van der Waals surface area contributed by atoms with Crippen LogP contribution in [0.5, 0.6) is 5.75 Å². The van der Waals surface area contributed by atoms with Crippen LogP contribution in [0.25, 0.3) is 22.6 Å². The van der Waals surface area contributed by atoms with E-state index in [1.54, 1.807) is 14.2 Å². The molecule has 2 aromatic carbocycles. The van der Waals surface area contributed by atoms with Crippen molar-refractivity contribution >= 4 is 11.2 Å². The molecule has 0 N–H and O–H groups in total. The van der Waals surface area contributed by atoms with Crippen LogP contribution in [-0.4, -0.2) is 25.8 Å². The summed E-state index contributed by atoms with van der Waals surface area (Å²) in [5.74, 6) is 1.38. The van der Waals surface area contributed by atoms with Crippen LogP contribution in [0, 0.1) is 0 Å². The van der Waals surface area contributed by atoms with Crippen LogP contribution in [-0.2, 0) is 20.1 Å². The molecule has 0 aliphatic rings. The van der Waals surface area contributed by atoms with Crippen molar-refractivity contribution in [2.75, 3.05) is 7.11 Å². The van der Waals surface area contributed by atoms with Gasteiger partial charge in [-0.1, -0.05) is 37.3 Å². The molecule has 0 aliphatic carbocycles. The van der Waals surface area contributed by atoms with Crippen molar-refractivity contribution in [1.82, 2.24) is 18.7 Å². The summed E-state index contributed by atoms with van der Waals surface area (Å²) in [6.45, 7) is 2.79. The first-order valence-electron chi connectivity index (χ1n) is 9.93. The summed E-state index contributed by atoms with van der Waals surface area (Å²) in [7, 11) is 3.28. The van der Waals surface area contributed by atoms with E-state index in [4.69, 9.17) is 9.72 Å². The Morgan fingerprint density at radius 3 is 2.30 bits per heavy atom. The number of aromatic nitrogens is 4. The first kappa shape index (κ1) is 19.7. The number of ether oxygens (including phenoxy) is 1. The number of aryl methyl sites for hydroxylation is 1. The predicted molar refractivity (Wildman–Crippen MR) is 117 cm³/mol. The van der Waals surface area contributed by atoms with Gasteiger partial charge in [-0.15, -0.1) is 0 Å². The third kappa shape index (κ3) is 3.32. The van der Waals surface area contributed by atoms with Gasteiger partial charge in [0.1, 0.15) is 11.6 Å². The lowest BCUT2D eigenvalue weighted by atomic mass is 10.2. The largest absolute Gasteiger partial charge is 0.497 e. The van der Waals surface area contributed by atoms with Crippen molar-refractivity contribution in [3.63, 3.8) is 0 Å². The van der Waals surface area contributed by atoms with Gasteiger partial charge in [-0.2, -0.15) is 0 Å². The SMILES string of the molecule is CCCn1c(=O)c2c(nc(-c3ccc(OC)cc3)n2Cc2ccccc2)n(C)c1=O. The van der Waals surface area contributed by atoms with E-state index in [1.807, 2.05) is 66.1 Å². The van der Waals surface area contributed by atoms with Crippen LogP contribution in [0.3, 0.4) is 0 Å². The molecule has 0 unspecified atom stereocenters.